The molecule has 0 saturated carbocycles. The number of hydrogen-bond acceptors (Lipinski definition) is 2. The zero-order chi connectivity index (χ0) is 12.1. The standard InChI is InChI=1S/C15H17NS/c1-12-5-4-6-13(9-12)10-17-11-14-7-2-3-8-15(14)16/h2-9H,10-11,16H2,1H3. The number of hydrogen-bond donors (Lipinski definition) is 1. The lowest BCUT2D eigenvalue weighted by atomic mass is 10.2. The minimum absolute atomic E-state index is 0.893. The Morgan fingerprint density at radius 1 is 1.00 bits per heavy atom. The van der Waals surface area contributed by atoms with Crippen LogP contribution < -0.4 is 5.73 Å². The molecule has 1 nitrogen and oxygen atoms in total. The topological polar surface area (TPSA) is 26.0 Å². The van der Waals surface area contributed by atoms with E-state index < -0.39 is 0 Å². The highest BCUT2D eigenvalue weighted by atomic mass is 32.2. The Hall–Kier alpha value is -1.41. The second kappa shape index (κ2) is 5.78. The fourth-order valence-corrected chi connectivity index (χ4v) is 2.75. The fourth-order valence-electron chi connectivity index (χ4n) is 1.75. The molecule has 17 heavy (non-hydrogen) atoms. The van der Waals surface area contributed by atoms with Crippen LogP contribution in [0.25, 0.3) is 0 Å². The molecule has 0 radical (unpaired) electrons. The van der Waals surface area contributed by atoms with Crippen LogP contribution in [0.4, 0.5) is 5.69 Å². The summed E-state index contributed by atoms with van der Waals surface area (Å²) in [6.45, 7) is 2.13. The van der Waals surface area contributed by atoms with E-state index in [1.807, 2.05) is 30.0 Å². The van der Waals surface area contributed by atoms with Crippen LogP contribution in [0.15, 0.2) is 48.5 Å². The Balaban J connectivity index is 1.90. The molecule has 0 aromatic heterocycles. The summed E-state index contributed by atoms with van der Waals surface area (Å²) in [6, 6.07) is 16.7. The number of aryl methyl sites for hydroxylation is 1. The molecule has 0 aliphatic rings. The van der Waals surface area contributed by atoms with E-state index in [2.05, 4.69) is 37.3 Å². The van der Waals surface area contributed by atoms with Crippen LogP contribution >= 0.6 is 11.8 Å². The lowest BCUT2D eigenvalue weighted by Gasteiger charge is -2.05. The normalized spacial score (nSPS) is 10.4. The van der Waals surface area contributed by atoms with Crippen molar-refractivity contribution in [2.75, 3.05) is 5.73 Å². The van der Waals surface area contributed by atoms with Gasteiger partial charge in [-0.1, -0.05) is 48.0 Å². The molecular formula is C15H17NS. The summed E-state index contributed by atoms with van der Waals surface area (Å²) in [5.74, 6) is 2.01. The molecule has 0 amide bonds. The number of anilines is 1. The second-order valence-corrected chi connectivity index (χ2v) is 5.17. The summed E-state index contributed by atoms with van der Waals surface area (Å²) in [7, 11) is 0. The van der Waals surface area contributed by atoms with E-state index >= 15 is 0 Å². The van der Waals surface area contributed by atoms with Gasteiger partial charge in [0.2, 0.25) is 0 Å². The average molecular weight is 243 g/mol. The first-order valence-corrected chi connectivity index (χ1v) is 6.88. The maximum Gasteiger partial charge on any atom is 0.0355 e. The maximum absolute atomic E-state index is 5.91. The fraction of sp³-hybridized carbons (Fsp3) is 0.200. The first kappa shape index (κ1) is 12.1. The summed E-state index contributed by atoms with van der Waals surface area (Å²) in [5.41, 5.74) is 10.7. The molecule has 0 atom stereocenters. The molecule has 0 unspecified atom stereocenters. The quantitative estimate of drug-likeness (QED) is 0.821. The summed E-state index contributed by atoms with van der Waals surface area (Å²) in [5, 5.41) is 0. The first-order valence-electron chi connectivity index (χ1n) is 5.72. The minimum Gasteiger partial charge on any atom is -0.398 e. The monoisotopic (exact) mass is 243 g/mol. The lowest BCUT2D eigenvalue weighted by Crippen LogP contribution is -1.92. The van der Waals surface area contributed by atoms with Gasteiger partial charge in [-0.05, 0) is 24.1 Å². The third kappa shape index (κ3) is 3.53. The van der Waals surface area contributed by atoms with Crippen LogP contribution in [-0.4, -0.2) is 0 Å². The van der Waals surface area contributed by atoms with E-state index in [-0.39, 0.29) is 0 Å². The summed E-state index contributed by atoms with van der Waals surface area (Å²) in [6.07, 6.45) is 0. The smallest absolute Gasteiger partial charge is 0.0355 e. The van der Waals surface area contributed by atoms with Gasteiger partial charge in [0.25, 0.3) is 0 Å². The molecule has 0 spiro atoms. The molecule has 2 rings (SSSR count). The van der Waals surface area contributed by atoms with Crippen LogP contribution in [-0.2, 0) is 11.5 Å². The van der Waals surface area contributed by atoms with Crippen molar-refractivity contribution in [1.29, 1.82) is 0 Å². The number of benzene rings is 2. The van der Waals surface area contributed by atoms with Crippen molar-refractivity contribution in [3.05, 3.63) is 65.2 Å². The maximum atomic E-state index is 5.91. The highest BCUT2D eigenvalue weighted by Crippen LogP contribution is 2.21. The largest absolute Gasteiger partial charge is 0.398 e. The van der Waals surface area contributed by atoms with Crippen LogP contribution in [0.1, 0.15) is 16.7 Å². The van der Waals surface area contributed by atoms with Gasteiger partial charge in [0.1, 0.15) is 0 Å². The van der Waals surface area contributed by atoms with Gasteiger partial charge in [0.15, 0.2) is 0 Å². The molecule has 0 aliphatic heterocycles. The van der Waals surface area contributed by atoms with Gasteiger partial charge in [-0.2, -0.15) is 11.8 Å². The van der Waals surface area contributed by atoms with Gasteiger partial charge >= 0.3 is 0 Å². The Bertz CT molecular complexity index is 494. The predicted molar refractivity (Wildman–Crippen MR) is 77.0 cm³/mol. The molecule has 2 N–H and O–H groups in total. The molecule has 0 saturated heterocycles. The lowest BCUT2D eigenvalue weighted by molar-refractivity contribution is 1.33. The molecule has 0 aliphatic carbocycles. The molecule has 88 valence electrons. The van der Waals surface area contributed by atoms with Crippen molar-refractivity contribution in [3.63, 3.8) is 0 Å². The van der Waals surface area contributed by atoms with Crippen molar-refractivity contribution >= 4 is 17.4 Å². The number of rotatable bonds is 4. The summed E-state index contributed by atoms with van der Waals surface area (Å²) < 4.78 is 0. The van der Waals surface area contributed by atoms with Gasteiger partial charge in [0, 0.05) is 17.2 Å². The number of nitrogens with two attached hydrogens (primary N) is 1. The molecular weight excluding hydrogens is 226 g/mol. The van der Waals surface area contributed by atoms with E-state index in [4.69, 9.17) is 5.73 Å². The molecule has 0 heterocycles. The number of para-hydroxylation sites is 1. The third-order valence-corrected chi connectivity index (χ3v) is 3.72. The first-order chi connectivity index (χ1) is 8.25. The van der Waals surface area contributed by atoms with Crippen LogP contribution in [0, 0.1) is 6.92 Å². The van der Waals surface area contributed by atoms with E-state index in [1.54, 1.807) is 0 Å². The van der Waals surface area contributed by atoms with Gasteiger partial charge in [-0.25, -0.2) is 0 Å². The van der Waals surface area contributed by atoms with E-state index in [0.717, 1.165) is 17.2 Å². The number of nitrogen functional groups attached to an aromatic ring is 1. The SMILES string of the molecule is Cc1cccc(CSCc2ccccc2N)c1. The Labute approximate surface area is 107 Å². The van der Waals surface area contributed by atoms with Gasteiger partial charge in [-0.3, -0.25) is 0 Å². The zero-order valence-electron chi connectivity index (χ0n) is 10.0. The van der Waals surface area contributed by atoms with Crippen molar-refractivity contribution < 1.29 is 0 Å². The molecule has 0 fully saturated rings. The Morgan fingerprint density at radius 3 is 2.59 bits per heavy atom. The van der Waals surface area contributed by atoms with Crippen LogP contribution in [0.2, 0.25) is 0 Å². The Morgan fingerprint density at radius 2 is 1.82 bits per heavy atom. The zero-order valence-corrected chi connectivity index (χ0v) is 10.8. The van der Waals surface area contributed by atoms with Crippen molar-refractivity contribution in [2.24, 2.45) is 0 Å². The third-order valence-electron chi connectivity index (χ3n) is 2.66. The molecule has 0 bridgehead atoms. The molecule has 2 heteroatoms. The predicted octanol–water partition coefficient (Wildman–Crippen LogP) is 4.01. The van der Waals surface area contributed by atoms with Crippen LogP contribution in [0.3, 0.4) is 0 Å². The van der Waals surface area contributed by atoms with Gasteiger partial charge in [0.05, 0.1) is 0 Å². The highest BCUT2D eigenvalue weighted by Gasteiger charge is 1.99. The highest BCUT2D eigenvalue weighted by molar-refractivity contribution is 7.97. The summed E-state index contributed by atoms with van der Waals surface area (Å²) >= 11 is 1.90. The Kier molecular flexibility index (Phi) is 4.10. The van der Waals surface area contributed by atoms with Crippen molar-refractivity contribution in [3.8, 4) is 0 Å². The van der Waals surface area contributed by atoms with Crippen LogP contribution in [0.5, 0.6) is 0 Å². The number of thioether (sulfide) groups is 1. The molecule has 2 aromatic rings. The summed E-state index contributed by atoms with van der Waals surface area (Å²) in [4.78, 5) is 0. The minimum atomic E-state index is 0.893. The van der Waals surface area contributed by atoms with Gasteiger partial charge < -0.3 is 5.73 Å². The van der Waals surface area contributed by atoms with Crippen molar-refractivity contribution in [1.82, 2.24) is 0 Å². The average Bonchev–Trinajstić information content (AvgIpc) is 2.32. The second-order valence-electron chi connectivity index (χ2n) is 4.18. The molecule has 2 aromatic carbocycles. The van der Waals surface area contributed by atoms with Crippen molar-refractivity contribution in [2.45, 2.75) is 18.4 Å². The van der Waals surface area contributed by atoms with Gasteiger partial charge in [-0.15, -0.1) is 0 Å². The van der Waals surface area contributed by atoms with E-state index in [1.165, 1.54) is 16.7 Å². The van der Waals surface area contributed by atoms with E-state index in [0.29, 0.717) is 0 Å². The van der Waals surface area contributed by atoms with E-state index in [9.17, 15) is 0 Å².